The van der Waals surface area contributed by atoms with E-state index >= 15 is 0 Å². The number of hydrogen-bond acceptors (Lipinski definition) is 5. The van der Waals surface area contributed by atoms with Crippen LogP contribution in [0.15, 0.2) is 24.4 Å². The van der Waals surface area contributed by atoms with Crippen molar-refractivity contribution < 1.29 is 19.1 Å². The molecule has 1 heterocycles. The molecule has 0 fully saturated rings. The third-order valence-corrected chi connectivity index (χ3v) is 2.58. The maximum absolute atomic E-state index is 12.1. The van der Waals surface area contributed by atoms with Gasteiger partial charge in [0.2, 0.25) is 0 Å². The van der Waals surface area contributed by atoms with Crippen molar-refractivity contribution in [2.24, 2.45) is 0 Å². The first kappa shape index (κ1) is 14.0. The zero-order chi connectivity index (χ0) is 14.9. The van der Waals surface area contributed by atoms with Gasteiger partial charge in [-0.2, -0.15) is 9.78 Å². The molecule has 0 aliphatic carbocycles. The average Bonchev–Trinajstić information content (AvgIpc) is 2.79. The van der Waals surface area contributed by atoms with Crippen LogP contribution >= 0.6 is 0 Å². The normalized spacial score (nSPS) is 11.4. The van der Waals surface area contributed by atoms with Crippen molar-refractivity contribution in [3.63, 3.8) is 0 Å². The predicted molar refractivity (Wildman–Crippen MR) is 72.7 cm³/mol. The quantitative estimate of drug-likeness (QED) is 0.749. The highest BCUT2D eigenvalue weighted by Gasteiger charge is 2.21. The molecule has 0 amide bonds. The fourth-order valence-electron chi connectivity index (χ4n) is 1.79. The molecular formula is C14H16N2O4. The lowest BCUT2D eigenvalue weighted by molar-refractivity contribution is 0.00718. The van der Waals surface area contributed by atoms with Crippen LogP contribution < -0.4 is 0 Å². The lowest BCUT2D eigenvalue weighted by Crippen LogP contribution is -2.24. The van der Waals surface area contributed by atoms with Crippen molar-refractivity contribution in [1.29, 1.82) is 0 Å². The molecule has 2 aromatic rings. The van der Waals surface area contributed by atoms with Crippen LogP contribution in [0, 0.1) is 0 Å². The Bertz CT molecular complexity index is 667. The highest BCUT2D eigenvalue weighted by molar-refractivity contribution is 6.04. The number of carbonyl (C=O) groups is 2. The lowest BCUT2D eigenvalue weighted by Gasteiger charge is -2.19. The van der Waals surface area contributed by atoms with Gasteiger partial charge in [0.1, 0.15) is 5.60 Å². The standard InChI is InChI=1S/C14H16N2O4/c1-14(2,3)20-12(17)9-6-5-7-11-10(9)8-15-16(11)13(18)19-4/h5-8H,1-4H3. The molecule has 0 aliphatic heterocycles. The zero-order valence-corrected chi connectivity index (χ0v) is 11.8. The fourth-order valence-corrected chi connectivity index (χ4v) is 1.79. The topological polar surface area (TPSA) is 70.4 Å². The van der Waals surface area contributed by atoms with Crippen LogP contribution in [0.3, 0.4) is 0 Å². The van der Waals surface area contributed by atoms with Gasteiger partial charge in [-0.3, -0.25) is 0 Å². The van der Waals surface area contributed by atoms with Crippen LogP contribution in [0.1, 0.15) is 31.1 Å². The van der Waals surface area contributed by atoms with Gasteiger partial charge in [-0.25, -0.2) is 9.59 Å². The summed E-state index contributed by atoms with van der Waals surface area (Å²) in [5.41, 5.74) is 0.283. The summed E-state index contributed by atoms with van der Waals surface area (Å²) >= 11 is 0. The Labute approximate surface area is 116 Å². The summed E-state index contributed by atoms with van der Waals surface area (Å²) in [4.78, 5) is 23.7. The van der Waals surface area contributed by atoms with Gasteiger partial charge in [0.05, 0.1) is 24.4 Å². The van der Waals surface area contributed by atoms with Crippen LogP contribution in [0.2, 0.25) is 0 Å². The molecule has 2 rings (SSSR count). The molecule has 0 saturated carbocycles. The van der Waals surface area contributed by atoms with E-state index in [1.54, 1.807) is 39.0 Å². The first-order chi connectivity index (χ1) is 9.33. The molecular weight excluding hydrogens is 260 g/mol. The van der Waals surface area contributed by atoms with Crippen LogP contribution in [-0.2, 0) is 9.47 Å². The van der Waals surface area contributed by atoms with E-state index in [1.165, 1.54) is 13.3 Å². The molecule has 0 radical (unpaired) electrons. The van der Waals surface area contributed by atoms with Crippen molar-refractivity contribution in [3.05, 3.63) is 30.0 Å². The monoisotopic (exact) mass is 276 g/mol. The minimum atomic E-state index is -0.610. The van der Waals surface area contributed by atoms with Crippen LogP contribution in [0.4, 0.5) is 4.79 Å². The second kappa shape index (κ2) is 4.96. The second-order valence-corrected chi connectivity index (χ2v) is 5.27. The van der Waals surface area contributed by atoms with Crippen LogP contribution in [0.5, 0.6) is 0 Å². The maximum Gasteiger partial charge on any atom is 0.434 e. The SMILES string of the molecule is COC(=O)n1ncc2c(C(=O)OC(C)(C)C)cccc21. The van der Waals surface area contributed by atoms with E-state index in [4.69, 9.17) is 4.74 Å². The Kier molecular flexibility index (Phi) is 3.48. The average molecular weight is 276 g/mol. The number of esters is 1. The number of rotatable bonds is 1. The van der Waals surface area contributed by atoms with E-state index in [0.717, 1.165) is 4.68 Å². The van der Waals surface area contributed by atoms with Gasteiger partial charge in [-0.15, -0.1) is 0 Å². The molecule has 0 N–H and O–H groups in total. The van der Waals surface area contributed by atoms with Gasteiger partial charge in [0.15, 0.2) is 0 Å². The predicted octanol–water partition coefficient (Wildman–Crippen LogP) is 2.61. The van der Waals surface area contributed by atoms with E-state index < -0.39 is 17.7 Å². The van der Waals surface area contributed by atoms with Gasteiger partial charge in [0.25, 0.3) is 0 Å². The third kappa shape index (κ3) is 2.64. The summed E-state index contributed by atoms with van der Waals surface area (Å²) in [6.45, 7) is 5.38. The number of aromatic nitrogens is 2. The molecule has 6 nitrogen and oxygen atoms in total. The number of nitrogens with zero attached hydrogens (tertiary/aromatic N) is 2. The Morgan fingerprint density at radius 2 is 1.95 bits per heavy atom. The van der Waals surface area contributed by atoms with E-state index in [9.17, 15) is 9.59 Å². The number of benzene rings is 1. The molecule has 0 saturated heterocycles. The molecule has 0 spiro atoms. The molecule has 20 heavy (non-hydrogen) atoms. The summed E-state index contributed by atoms with van der Waals surface area (Å²) in [6, 6.07) is 5.00. The van der Waals surface area contributed by atoms with Crippen molar-refractivity contribution in [3.8, 4) is 0 Å². The minimum Gasteiger partial charge on any atom is -0.456 e. The van der Waals surface area contributed by atoms with Crippen molar-refractivity contribution in [2.45, 2.75) is 26.4 Å². The molecule has 0 aliphatic rings. The molecule has 6 heteroatoms. The minimum absolute atomic E-state index is 0.368. The molecule has 0 bridgehead atoms. The van der Waals surface area contributed by atoms with Gasteiger partial charge in [-0.1, -0.05) is 6.07 Å². The van der Waals surface area contributed by atoms with Gasteiger partial charge >= 0.3 is 12.1 Å². The Hall–Kier alpha value is -2.37. The number of carbonyl (C=O) groups excluding carboxylic acids is 2. The van der Waals surface area contributed by atoms with E-state index in [-0.39, 0.29) is 0 Å². The Morgan fingerprint density at radius 1 is 1.25 bits per heavy atom. The van der Waals surface area contributed by atoms with Crippen molar-refractivity contribution in [1.82, 2.24) is 9.78 Å². The first-order valence-electron chi connectivity index (χ1n) is 6.12. The van der Waals surface area contributed by atoms with E-state index in [1.807, 2.05) is 0 Å². The van der Waals surface area contributed by atoms with E-state index in [2.05, 4.69) is 9.84 Å². The van der Waals surface area contributed by atoms with Gasteiger partial charge in [-0.05, 0) is 32.9 Å². The summed E-state index contributed by atoms with van der Waals surface area (Å²) in [6.07, 6.45) is 0.840. The highest BCUT2D eigenvalue weighted by atomic mass is 16.6. The molecule has 1 aromatic heterocycles. The summed E-state index contributed by atoms with van der Waals surface area (Å²) in [5.74, 6) is -0.451. The van der Waals surface area contributed by atoms with Crippen LogP contribution in [-0.4, -0.2) is 34.6 Å². The molecule has 0 unspecified atom stereocenters. The number of fused-ring (bicyclic) bond motifs is 1. The number of methoxy groups -OCH3 is 1. The third-order valence-electron chi connectivity index (χ3n) is 2.58. The van der Waals surface area contributed by atoms with Crippen LogP contribution in [0.25, 0.3) is 10.9 Å². The molecule has 0 atom stereocenters. The highest BCUT2D eigenvalue weighted by Crippen LogP contribution is 2.21. The largest absolute Gasteiger partial charge is 0.456 e. The lowest BCUT2D eigenvalue weighted by atomic mass is 10.1. The summed E-state index contributed by atoms with van der Waals surface area (Å²) in [5, 5.41) is 4.49. The first-order valence-corrected chi connectivity index (χ1v) is 6.12. The molecule has 1 aromatic carbocycles. The van der Waals surface area contributed by atoms with Crippen molar-refractivity contribution >= 4 is 23.0 Å². The van der Waals surface area contributed by atoms with Gasteiger partial charge in [0, 0.05) is 5.39 Å². The molecule has 106 valence electrons. The Balaban J connectivity index is 2.49. The fraction of sp³-hybridized carbons (Fsp3) is 0.357. The Morgan fingerprint density at radius 3 is 2.55 bits per heavy atom. The summed E-state index contributed by atoms with van der Waals surface area (Å²) in [7, 11) is 1.27. The van der Waals surface area contributed by atoms with Gasteiger partial charge < -0.3 is 9.47 Å². The second-order valence-electron chi connectivity index (χ2n) is 5.27. The van der Waals surface area contributed by atoms with Crippen molar-refractivity contribution in [2.75, 3.05) is 7.11 Å². The number of hydrogen-bond donors (Lipinski definition) is 0. The van der Waals surface area contributed by atoms with E-state index in [0.29, 0.717) is 16.5 Å². The zero-order valence-electron chi connectivity index (χ0n) is 11.8. The number of ether oxygens (including phenoxy) is 2. The summed E-state index contributed by atoms with van der Waals surface area (Å²) < 4.78 is 11.1. The maximum atomic E-state index is 12.1. The smallest absolute Gasteiger partial charge is 0.434 e.